The minimum absolute atomic E-state index is 0.243. The Morgan fingerprint density at radius 2 is 1.81 bits per heavy atom. The zero-order valence-electron chi connectivity index (χ0n) is 17.1. The number of rotatable bonds is 4. The van der Waals surface area contributed by atoms with Crippen LogP contribution in [0.15, 0.2) is 6.20 Å². The fourth-order valence-electron chi connectivity index (χ4n) is 5.22. The molecule has 1 aromatic rings. The van der Waals surface area contributed by atoms with Crippen LogP contribution in [0.1, 0.15) is 49.8 Å². The van der Waals surface area contributed by atoms with Crippen molar-refractivity contribution in [3.63, 3.8) is 0 Å². The van der Waals surface area contributed by atoms with Crippen molar-refractivity contribution in [2.75, 3.05) is 39.3 Å². The monoisotopic (exact) mass is 373 g/mol. The van der Waals surface area contributed by atoms with Gasteiger partial charge in [0.25, 0.3) is 0 Å². The number of aromatic nitrogens is 2. The first-order chi connectivity index (χ1) is 13.1. The normalized spacial score (nSPS) is 26.0. The smallest absolute Gasteiger partial charge is 0.226 e. The van der Waals surface area contributed by atoms with Gasteiger partial charge >= 0.3 is 0 Å². The maximum atomic E-state index is 12.8. The summed E-state index contributed by atoms with van der Waals surface area (Å²) in [6.45, 7) is 9.57. The number of nitrogens with zero attached hydrogens (tertiary/aromatic N) is 5. The first-order valence-electron chi connectivity index (χ1n) is 10.8. The van der Waals surface area contributed by atoms with Gasteiger partial charge in [-0.2, -0.15) is 5.10 Å². The molecule has 6 heteroatoms. The molecule has 6 nitrogen and oxygen atoms in total. The number of piperidine rings is 2. The molecule has 1 unspecified atom stereocenters. The summed E-state index contributed by atoms with van der Waals surface area (Å²) in [5, 5.41) is 4.47. The first kappa shape index (κ1) is 18.9. The largest absolute Gasteiger partial charge is 0.342 e. The number of aryl methyl sites for hydroxylation is 2. The van der Waals surface area contributed by atoms with Gasteiger partial charge in [0.1, 0.15) is 0 Å². The second-order valence-electron chi connectivity index (χ2n) is 8.79. The molecule has 0 bridgehead atoms. The van der Waals surface area contributed by atoms with Crippen LogP contribution in [0.4, 0.5) is 0 Å². The lowest BCUT2D eigenvalue weighted by atomic mass is 9.93. The third-order valence-corrected chi connectivity index (χ3v) is 6.80. The standard InChI is InChI=1S/C21H35N5O/c1-17-19(14-23(2)22-17)15-24-12-7-20(8-13-24)26-11-5-6-18(16-26)21(27)25-9-3-4-10-25/h14,18,20H,3-13,15-16H2,1-2H3. The number of amides is 1. The van der Waals surface area contributed by atoms with Crippen molar-refractivity contribution in [1.82, 2.24) is 24.5 Å². The lowest BCUT2D eigenvalue weighted by Gasteiger charge is -2.42. The van der Waals surface area contributed by atoms with E-state index >= 15 is 0 Å². The van der Waals surface area contributed by atoms with Gasteiger partial charge in [-0.1, -0.05) is 0 Å². The molecule has 4 rings (SSSR count). The van der Waals surface area contributed by atoms with Crippen molar-refractivity contribution in [3.8, 4) is 0 Å². The van der Waals surface area contributed by atoms with Crippen LogP contribution >= 0.6 is 0 Å². The second kappa shape index (κ2) is 8.31. The second-order valence-corrected chi connectivity index (χ2v) is 8.79. The van der Waals surface area contributed by atoms with Crippen LogP contribution in [0.5, 0.6) is 0 Å². The molecule has 27 heavy (non-hydrogen) atoms. The van der Waals surface area contributed by atoms with E-state index in [0.717, 1.165) is 51.4 Å². The predicted molar refractivity (Wildman–Crippen MR) is 106 cm³/mol. The van der Waals surface area contributed by atoms with Crippen LogP contribution in [0, 0.1) is 12.8 Å². The van der Waals surface area contributed by atoms with E-state index in [1.54, 1.807) is 0 Å². The van der Waals surface area contributed by atoms with Gasteiger partial charge in [-0.25, -0.2) is 0 Å². The van der Waals surface area contributed by atoms with Crippen LogP contribution in [0.25, 0.3) is 0 Å². The van der Waals surface area contributed by atoms with Gasteiger partial charge in [-0.05, 0) is 65.1 Å². The van der Waals surface area contributed by atoms with E-state index in [2.05, 4.69) is 32.9 Å². The zero-order chi connectivity index (χ0) is 18.8. The van der Waals surface area contributed by atoms with Gasteiger partial charge < -0.3 is 4.90 Å². The number of carbonyl (C=O) groups excluding carboxylic acids is 1. The third-order valence-electron chi connectivity index (χ3n) is 6.80. The number of likely N-dealkylation sites (tertiary alicyclic amines) is 3. The molecule has 0 N–H and O–H groups in total. The first-order valence-corrected chi connectivity index (χ1v) is 10.8. The summed E-state index contributed by atoms with van der Waals surface area (Å²) in [4.78, 5) is 20.1. The van der Waals surface area contributed by atoms with Crippen LogP contribution in [0.2, 0.25) is 0 Å². The third kappa shape index (κ3) is 4.37. The fraction of sp³-hybridized carbons (Fsp3) is 0.810. The highest BCUT2D eigenvalue weighted by Crippen LogP contribution is 2.26. The molecule has 3 fully saturated rings. The van der Waals surface area contributed by atoms with Crippen LogP contribution in [-0.4, -0.2) is 75.7 Å². The predicted octanol–water partition coefficient (Wildman–Crippen LogP) is 2.03. The number of carbonyl (C=O) groups is 1. The summed E-state index contributed by atoms with van der Waals surface area (Å²) >= 11 is 0. The van der Waals surface area contributed by atoms with E-state index in [0.29, 0.717) is 11.9 Å². The molecule has 1 aromatic heterocycles. The Kier molecular flexibility index (Phi) is 5.83. The average molecular weight is 374 g/mol. The molecule has 0 aromatic carbocycles. The summed E-state index contributed by atoms with van der Waals surface area (Å²) in [6, 6.07) is 0.658. The highest BCUT2D eigenvalue weighted by molar-refractivity contribution is 5.79. The Hall–Kier alpha value is -1.40. The molecule has 3 aliphatic heterocycles. The van der Waals surface area contributed by atoms with Gasteiger partial charge in [-0.3, -0.25) is 19.3 Å². The minimum Gasteiger partial charge on any atom is -0.342 e. The molecular weight excluding hydrogens is 338 g/mol. The van der Waals surface area contributed by atoms with E-state index in [1.807, 2.05) is 11.7 Å². The lowest BCUT2D eigenvalue weighted by Crippen LogP contribution is -2.51. The van der Waals surface area contributed by atoms with E-state index < -0.39 is 0 Å². The quantitative estimate of drug-likeness (QED) is 0.810. The molecular formula is C21H35N5O. The van der Waals surface area contributed by atoms with Crippen molar-refractivity contribution >= 4 is 5.91 Å². The molecule has 0 spiro atoms. The van der Waals surface area contributed by atoms with Gasteiger partial charge in [0.2, 0.25) is 5.91 Å². The molecule has 1 atom stereocenters. The zero-order valence-corrected chi connectivity index (χ0v) is 17.1. The Balaban J connectivity index is 1.27. The minimum atomic E-state index is 0.243. The van der Waals surface area contributed by atoms with Crippen LogP contribution < -0.4 is 0 Å². The van der Waals surface area contributed by atoms with Crippen LogP contribution in [0.3, 0.4) is 0 Å². The van der Waals surface area contributed by atoms with E-state index in [9.17, 15) is 4.79 Å². The summed E-state index contributed by atoms with van der Waals surface area (Å²) in [5.41, 5.74) is 2.50. The van der Waals surface area contributed by atoms with E-state index in [1.165, 1.54) is 44.2 Å². The van der Waals surface area contributed by atoms with Gasteiger partial charge in [-0.15, -0.1) is 0 Å². The van der Waals surface area contributed by atoms with E-state index in [-0.39, 0.29) is 5.92 Å². The van der Waals surface area contributed by atoms with Gasteiger partial charge in [0.05, 0.1) is 11.6 Å². The van der Waals surface area contributed by atoms with Crippen molar-refractivity contribution < 1.29 is 4.79 Å². The summed E-state index contributed by atoms with van der Waals surface area (Å²) < 4.78 is 1.92. The molecule has 3 saturated heterocycles. The number of hydrogen-bond donors (Lipinski definition) is 0. The molecule has 0 saturated carbocycles. The summed E-state index contributed by atoms with van der Waals surface area (Å²) in [5.74, 6) is 0.676. The Morgan fingerprint density at radius 3 is 2.48 bits per heavy atom. The van der Waals surface area contributed by atoms with Crippen LogP contribution in [-0.2, 0) is 18.4 Å². The maximum Gasteiger partial charge on any atom is 0.226 e. The topological polar surface area (TPSA) is 44.6 Å². The maximum absolute atomic E-state index is 12.8. The Morgan fingerprint density at radius 1 is 1.07 bits per heavy atom. The number of hydrogen-bond acceptors (Lipinski definition) is 4. The van der Waals surface area contributed by atoms with Crippen molar-refractivity contribution in [2.24, 2.45) is 13.0 Å². The Bertz CT molecular complexity index is 643. The van der Waals surface area contributed by atoms with Gasteiger partial charge in [0.15, 0.2) is 0 Å². The van der Waals surface area contributed by atoms with Crippen molar-refractivity contribution in [3.05, 3.63) is 17.5 Å². The molecule has 1 amide bonds. The highest BCUT2D eigenvalue weighted by atomic mass is 16.2. The Labute approximate surface area is 163 Å². The van der Waals surface area contributed by atoms with Gasteiger partial charge in [0, 0.05) is 51.0 Å². The average Bonchev–Trinajstić information content (AvgIpc) is 3.32. The van der Waals surface area contributed by atoms with Crippen molar-refractivity contribution in [2.45, 2.75) is 58.0 Å². The summed E-state index contributed by atoms with van der Waals surface area (Å²) in [7, 11) is 2.00. The molecule has 150 valence electrons. The highest BCUT2D eigenvalue weighted by Gasteiger charge is 2.34. The molecule has 0 aliphatic carbocycles. The van der Waals surface area contributed by atoms with E-state index in [4.69, 9.17) is 0 Å². The molecule has 0 radical (unpaired) electrons. The summed E-state index contributed by atoms with van der Waals surface area (Å²) in [6.07, 6.45) is 9.26. The molecule has 3 aliphatic rings. The van der Waals surface area contributed by atoms with Crippen molar-refractivity contribution in [1.29, 1.82) is 0 Å². The SMILES string of the molecule is Cc1nn(C)cc1CN1CCC(N2CCCC(C(=O)N3CCCC3)C2)CC1. The molecule has 4 heterocycles. The fourth-order valence-corrected chi connectivity index (χ4v) is 5.22. The lowest BCUT2D eigenvalue weighted by molar-refractivity contribution is -0.136.